The maximum absolute atomic E-state index is 5.20. The zero-order chi connectivity index (χ0) is 34.9. The van der Waals surface area contributed by atoms with Crippen LogP contribution in [0.5, 0.6) is 0 Å². The molecule has 9 aromatic rings. The zero-order valence-corrected chi connectivity index (χ0v) is 29.1. The normalized spacial score (nSPS) is 14.3. The minimum absolute atomic E-state index is 0.257. The molecule has 2 aliphatic carbocycles. The van der Waals surface area contributed by atoms with E-state index in [-0.39, 0.29) is 5.92 Å². The van der Waals surface area contributed by atoms with Gasteiger partial charge in [-0.15, -0.1) is 0 Å². The SMILES string of the molecule is C1=C(c2cccc(-c3nc4ccccc4n3-c3ccccc3)c2)c2cccc3c2C(C1)c1c-3c(-c2ccccc2)c2ccccc2c1-c1ccccc1. The van der Waals surface area contributed by atoms with Crippen molar-refractivity contribution < 1.29 is 0 Å². The molecular weight excluding hydrogens is 641 g/mol. The summed E-state index contributed by atoms with van der Waals surface area (Å²) in [6.07, 6.45) is 3.43. The second-order valence-corrected chi connectivity index (χ2v) is 14.2. The van der Waals surface area contributed by atoms with Crippen LogP contribution in [0.1, 0.15) is 34.6 Å². The number of nitrogens with zero attached hydrogens (tertiary/aromatic N) is 2. The Bertz CT molecular complexity index is 2900. The van der Waals surface area contributed by atoms with Crippen molar-refractivity contribution in [3.63, 3.8) is 0 Å². The number of aromatic nitrogens is 2. The van der Waals surface area contributed by atoms with Crippen LogP contribution < -0.4 is 0 Å². The lowest BCUT2D eigenvalue weighted by Gasteiger charge is -2.26. The fraction of sp³-hybridized carbons (Fsp3) is 0.0392. The monoisotopic (exact) mass is 674 g/mol. The van der Waals surface area contributed by atoms with E-state index in [2.05, 4.69) is 193 Å². The number of para-hydroxylation sites is 3. The Hall–Kier alpha value is -6.77. The largest absolute Gasteiger partial charge is 0.292 e. The molecular formula is C51H34N2. The molecule has 0 N–H and O–H groups in total. The molecule has 0 saturated carbocycles. The minimum Gasteiger partial charge on any atom is -0.292 e. The van der Waals surface area contributed by atoms with Crippen LogP contribution in [-0.4, -0.2) is 9.55 Å². The van der Waals surface area contributed by atoms with Crippen molar-refractivity contribution in [3.05, 3.63) is 210 Å². The number of imidazole rings is 1. The van der Waals surface area contributed by atoms with E-state index in [1.54, 1.807) is 0 Å². The fourth-order valence-corrected chi connectivity index (χ4v) is 9.18. The Morgan fingerprint density at radius 3 is 1.81 bits per heavy atom. The molecule has 1 unspecified atom stereocenters. The van der Waals surface area contributed by atoms with E-state index in [0.717, 1.165) is 34.5 Å². The Kier molecular flexibility index (Phi) is 6.72. The molecule has 2 nitrogen and oxygen atoms in total. The van der Waals surface area contributed by atoms with Gasteiger partial charge < -0.3 is 0 Å². The molecule has 0 radical (unpaired) electrons. The fourth-order valence-electron chi connectivity index (χ4n) is 9.18. The van der Waals surface area contributed by atoms with Gasteiger partial charge in [0.25, 0.3) is 0 Å². The molecule has 11 rings (SSSR count). The molecule has 1 atom stereocenters. The highest BCUT2D eigenvalue weighted by molar-refractivity contribution is 6.15. The van der Waals surface area contributed by atoms with Gasteiger partial charge in [0.15, 0.2) is 0 Å². The summed E-state index contributed by atoms with van der Waals surface area (Å²) < 4.78 is 2.29. The topological polar surface area (TPSA) is 17.8 Å². The zero-order valence-electron chi connectivity index (χ0n) is 29.1. The third-order valence-corrected chi connectivity index (χ3v) is 11.3. The summed E-state index contributed by atoms with van der Waals surface area (Å²) in [4.78, 5) is 5.20. The first-order chi connectivity index (χ1) is 26.3. The molecule has 0 aliphatic heterocycles. The quantitative estimate of drug-likeness (QED) is 0.178. The Labute approximate surface area is 309 Å². The molecule has 0 amide bonds. The van der Waals surface area contributed by atoms with Crippen molar-refractivity contribution >= 4 is 27.4 Å². The van der Waals surface area contributed by atoms with E-state index in [1.165, 1.54) is 72.0 Å². The molecule has 0 fully saturated rings. The standard InChI is InChI=1S/C51H34N2/c1-4-16-33(17-5-1)46-40-24-10-11-25-41(40)47(34-18-6-2-7-19-34)50-43-31-30-38(39-26-15-27-42(48(39)43)49(46)50)35-20-14-21-36(32-35)51-52-44-28-12-13-29-45(44)53(51)37-22-8-3-9-23-37/h1-30,32,43H,31H2. The van der Waals surface area contributed by atoms with Crippen LogP contribution >= 0.6 is 0 Å². The van der Waals surface area contributed by atoms with Gasteiger partial charge in [-0.3, -0.25) is 4.57 Å². The lowest BCUT2D eigenvalue weighted by Crippen LogP contribution is -2.07. The Morgan fingerprint density at radius 2 is 1.04 bits per heavy atom. The average molecular weight is 675 g/mol. The number of hydrogen-bond acceptors (Lipinski definition) is 1. The Morgan fingerprint density at radius 1 is 0.453 bits per heavy atom. The summed E-state index contributed by atoms with van der Waals surface area (Å²) in [7, 11) is 0. The summed E-state index contributed by atoms with van der Waals surface area (Å²) in [5, 5.41) is 2.61. The minimum atomic E-state index is 0.257. The number of rotatable bonds is 5. The lowest BCUT2D eigenvalue weighted by atomic mass is 9.77. The Balaban J connectivity index is 1.13. The highest BCUT2D eigenvalue weighted by Gasteiger charge is 2.38. The molecule has 0 bridgehead atoms. The molecule has 0 saturated heterocycles. The van der Waals surface area contributed by atoms with E-state index in [1.807, 2.05) is 0 Å². The van der Waals surface area contributed by atoms with Gasteiger partial charge in [-0.2, -0.15) is 0 Å². The summed E-state index contributed by atoms with van der Waals surface area (Å²) in [6.45, 7) is 0. The first kappa shape index (κ1) is 29.9. The third-order valence-electron chi connectivity index (χ3n) is 11.3. The number of hydrogen-bond donors (Lipinski definition) is 0. The summed E-state index contributed by atoms with van der Waals surface area (Å²) in [5.41, 5.74) is 19.0. The van der Waals surface area contributed by atoms with Gasteiger partial charge in [0, 0.05) is 17.2 Å². The van der Waals surface area contributed by atoms with Crippen LogP contribution in [0.4, 0.5) is 0 Å². The molecule has 53 heavy (non-hydrogen) atoms. The third kappa shape index (κ3) is 4.55. The van der Waals surface area contributed by atoms with E-state index in [0.29, 0.717) is 0 Å². The van der Waals surface area contributed by atoms with Crippen molar-refractivity contribution in [2.75, 3.05) is 0 Å². The molecule has 0 spiro atoms. The van der Waals surface area contributed by atoms with Crippen molar-refractivity contribution in [2.45, 2.75) is 12.3 Å². The molecule has 248 valence electrons. The number of allylic oxidation sites excluding steroid dienone is 1. The number of benzene rings is 8. The highest BCUT2D eigenvalue weighted by atomic mass is 15.1. The van der Waals surface area contributed by atoms with Crippen LogP contribution in [0.2, 0.25) is 0 Å². The summed E-state index contributed by atoms with van der Waals surface area (Å²) in [5.74, 6) is 1.21. The maximum atomic E-state index is 5.20. The summed E-state index contributed by atoms with van der Waals surface area (Å²) >= 11 is 0. The van der Waals surface area contributed by atoms with E-state index < -0.39 is 0 Å². The van der Waals surface area contributed by atoms with Gasteiger partial charge in [-0.05, 0) is 109 Å². The first-order valence-corrected chi connectivity index (χ1v) is 18.5. The predicted octanol–water partition coefficient (Wildman–Crippen LogP) is 13.1. The van der Waals surface area contributed by atoms with Crippen molar-refractivity contribution in [3.8, 4) is 50.5 Å². The van der Waals surface area contributed by atoms with Crippen molar-refractivity contribution in [1.29, 1.82) is 0 Å². The maximum Gasteiger partial charge on any atom is 0.145 e. The van der Waals surface area contributed by atoms with Crippen LogP contribution in [0.15, 0.2) is 188 Å². The van der Waals surface area contributed by atoms with Crippen LogP contribution in [0.25, 0.3) is 77.8 Å². The van der Waals surface area contributed by atoms with Gasteiger partial charge in [-0.25, -0.2) is 4.98 Å². The number of fused-ring (bicyclic) bond motifs is 5. The van der Waals surface area contributed by atoms with Gasteiger partial charge in [-0.1, -0.05) is 158 Å². The predicted molar refractivity (Wildman–Crippen MR) is 220 cm³/mol. The second kappa shape index (κ2) is 11.9. The first-order valence-electron chi connectivity index (χ1n) is 18.5. The average Bonchev–Trinajstić information content (AvgIpc) is 3.78. The van der Waals surface area contributed by atoms with E-state index >= 15 is 0 Å². The molecule has 2 heteroatoms. The molecule has 2 aliphatic rings. The van der Waals surface area contributed by atoms with Gasteiger partial charge in [0.2, 0.25) is 0 Å². The van der Waals surface area contributed by atoms with Crippen LogP contribution in [0.3, 0.4) is 0 Å². The molecule has 8 aromatic carbocycles. The van der Waals surface area contributed by atoms with Crippen molar-refractivity contribution in [2.24, 2.45) is 0 Å². The van der Waals surface area contributed by atoms with Crippen molar-refractivity contribution in [1.82, 2.24) is 9.55 Å². The smallest absolute Gasteiger partial charge is 0.145 e. The van der Waals surface area contributed by atoms with Gasteiger partial charge in [0.1, 0.15) is 5.82 Å². The van der Waals surface area contributed by atoms with Gasteiger partial charge >= 0.3 is 0 Å². The van der Waals surface area contributed by atoms with Crippen LogP contribution in [-0.2, 0) is 0 Å². The highest BCUT2D eigenvalue weighted by Crippen LogP contribution is 2.60. The van der Waals surface area contributed by atoms with Crippen LogP contribution in [0, 0.1) is 0 Å². The second-order valence-electron chi connectivity index (χ2n) is 14.2. The summed E-state index contributed by atoms with van der Waals surface area (Å²) in [6, 6.07) is 66.1. The molecule has 1 aromatic heterocycles. The van der Waals surface area contributed by atoms with E-state index in [9.17, 15) is 0 Å². The van der Waals surface area contributed by atoms with E-state index in [4.69, 9.17) is 4.98 Å². The van der Waals surface area contributed by atoms with Gasteiger partial charge in [0.05, 0.1) is 11.0 Å². The molecule has 1 heterocycles. The lowest BCUT2D eigenvalue weighted by molar-refractivity contribution is 0.842.